The van der Waals surface area contributed by atoms with Gasteiger partial charge in [-0.3, -0.25) is 4.98 Å². The van der Waals surface area contributed by atoms with Crippen molar-refractivity contribution in [2.45, 2.75) is 0 Å². The highest BCUT2D eigenvalue weighted by molar-refractivity contribution is 5.86. The van der Waals surface area contributed by atoms with Gasteiger partial charge in [0.15, 0.2) is 0 Å². The van der Waals surface area contributed by atoms with Crippen molar-refractivity contribution >= 4 is 16.7 Å². The summed E-state index contributed by atoms with van der Waals surface area (Å²) in [5.41, 5.74) is 10.5. The Morgan fingerprint density at radius 3 is 2.68 bits per heavy atom. The van der Waals surface area contributed by atoms with E-state index in [1.165, 1.54) is 0 Å². The first-order chi connectivity index (χ1) is 10.8. The summed E-state index contributed by atoms with van der Waals surface area (Å²) in [6.07, 6.45) is 7.07. The van der Waals surface area contributed by atoms with Gasteiger partial charge in [-0.25, -0.2) is 9.97 Å². The van der Waals surface area contributed by atoms with Crippen LogP contribution in [0.1, 0.15) is 0 Å². The van der Waals surface area contributed by atoms with Crippen LogP contribution >= 0.6 is 0 Å². The van der Waals surface area contributed by atoms with Crippen molar-refractivity contribution in [2.75, 3.05) is 5.73 Å². The lowest BCUT2D eigenvalue weighted by Crippen LogP contribution is -1.98. The Kier molecular flexibility index (Phi) is 2.83. The number of hydrogen-bond donors (Lipinski definition) is 2. The lowest BCUT2D eigenvalue weighted by molar-refractivity contribution is 1.21. The number of hydrogen-bond acceptors (Lipinski definition) is 4. The number of nitrogens with one attached hydrogen (secondary N) is 1. The molecule has 3 heterocycles. The topological polar surface area (TPSA) is 80.5 Å². The van der Waals surface area contributed by atoms with E-state index < -0.39 is 0 Å². The number of rotatable bonds is 2. The molecule has 106 valence electrons. The standard InChI is InChI=1S/C17H13N5/c18-17-16(13-1-2-14-12(9-13)5-8-20-14)22-15(10-21-17)11-3-6-19-7-4-11/h1-10,20H,(H2,18,21). The lowest BCUT2D eigenvalue weighted by atomic mass is 10.1. The second kappa shape index (κ2) is 4.96. The Balaban J connectivity index is 1.87. The maximum atomic E-state index is 6.03. The van der Waals surface area contributed by atoms with Crippen molar-refractivity contribution in [1.29, 1.82) is 0 Å². The van der Waals surface area contributed by atoms with Crippen molar-refractivity contribution < 1.29 is 0 Å². The van der Waals surface area contributed by atoms with Crippen LogP contribution < -0.4 is 5.73 Å². The highest BCUT2D eigenvalue weighted by Crippen LogP contribution is 2.28. The Hall–Kier alpha value is -3.21. The smallest absolute Gasteiger partial charge is 0.150 e. The second-order valence-electron chi connectivity index (χ2n) is 5.00. The van der Waals surface area contributed by atoms with Gasteiger partial charge in [-0.05, 0) is 30.3 Å². The van der Waals surface area contributed by atoms with Crippen LogP contribution in [0.3, 0.4) is 0 Å². The van der Waals surface area contributed by atoms with Crippen LogP contribution in [0.15, 0.2) is 61.2 Å². The van der Waals surface area contributed by atoms with Crippen LogP contribution in [0.2, 0.25) is 0 Å². The molecule has 0 radical (unpaired) electrons. The van der Waals surface area contributed by atoms with Crippen LogP contribution in [0.4, 0.5) is 5.82 Å². The predicted octanol–water partition coefficient (Wildman–Crippen LogP) is 3.27. The highest BCUT2D eigenvalue weighted by atomic mass is 14.9. The molecule has 0 unspecified atom stereocenters. The van der Waals surface area contributed by atoms with E-state index in [4.69, 9.17) is 5.73 Å². The minimum Gasteiger partial charge on any atom is -0.382 e. The zero-order valence-electron chi connectivity index (χ0n) is 11.7. The minimum absolute atomic E-state index is 0.424. The zero-order chi connectivity index (χ0) is 14.9. The van der Waals surface area contributed by atoms with Crippen LogP contribution in [-0.2, 0) is 0 Å². The fraction of sp³-hybridized carbons (Fsp3) is 0. The Labute approximate surface area is 126 Å². The maximum Gasteiger partial charge on any atom is 0.150 e. The molecule has 3 N–H and O–H groups in total. The molecule has 0 spiro atoms. The number of nitrogens with zero attached hydrogens (tertiary/aromatic N) is 3. The van der Waals surface area contributed by atoms with Crippen molar-refractivity contribution in [2.24, 2.45) is 0 Å². The second-order valence-corrected chi connectivity index (χ2v) is 5.00. The third-order valence-corrected chi connectivity index (χ3v) is 3.60. The van der Waals surface area contributed by atoms with Crippen molar-refractivity contribution in [3.05, 3.63) is 61.2 Å². The summed E-state index contributed by atoms with van der Waals surface area (Å²) in [6.45, 7) is 0. The molecule has 0 atom stereocenters. The maximum absolute atomic E-state index is 6.03. The number of H-pyrrole nitrogens is 1. The summed E-state index contributed by atoms with van der Waals surface area (Å²) in [6, 6.07) is 11.9. The Morgan fingerprint density at radius 2 is 1.82 bits per heavy atom. The fourth-order valence-corrected chi connectivity index (χ4v) is 2.47. The van der Waals surface area contributed by atoms with Crippen LogP contribution in [0, 0.1) is 0 Å². The average Bonchev–Trinajstić information content (AvgIpc) is 3.04. The molecule has 5 heteroatoms. The summed E-state index contributed by atoms with van der Waals surface area (Å²) in [7, 11) is 0. The van der Waals surface area contributed by atoms with E-state index in [-0.39, 0.29) is 0 Å². The number of nitrogens with two attached hydrogens (primary N) is 1. The first kappa shape index (κ1) is 12.5. The third kappa shape index (κ3) is 2.09. The third-order valence-electron chi connectivity index (χ3n) is 3.60. The van der Waals surface area contributed by atoms with Gasteiger partial charge in [0.05, 0.1) is 11.9 Å². The van der Waals surface area contributed by atoms with E-state index >= 15 is 0 Å². The first-order valence-electron chi connectivity index (χ1n) is 6.92. The molecular formula is C17H13N5. The molecule has 0 saturated heterocycles. The van der Waals surface area contributed by atoms with Gasteiger partial charge in [-0.2, -0.15) is 0 Å². The number of pyridine rings is 1. The minimum atomic E-state index is 0.424. The molecule has 0 aliphatic carbocycles. The number of fused-ring (bicyclic) bond motifs is 1. The number of aromatic nitrogens is 4. The van der Waals surface area contributed by atoms with Gasteiger partial charge in [0.25, 0.3) is 0 Å². The van der Waals surface area contributed by atoms with Gasteiger partial charge in [0.1, 0.15) is 11.5 Å². The monoisotopic (exact) mass is 287 g/mol. The molecule has 0 aliphatic rings. The molecule has 4 rings (SSSR count). The van der Waals surface area contributed by atoms with Gasteiger partial charge in [0.2, 0.25) is 0 Å². The normalized spacial score (nSPS) is 10.9. The molecular weight excluding hydrogens is 274 g/mol. The van der Waals surface area contributed by atoms with Crippen LogP contribution in [0.5, 0.6) is 0 Å². The number of aromatic amines is 1. The summed E-state index contributed by atoms with van der Waals surface area (Å²) in [5, 5.41) is 1.12. The number of anilines is 1. The van der Waals surface area contributed by atoms with Crippen LogP contribution in [-0.4, -0.2) is 19.9 Å². The number of nitrogen functional groups attached to an aromatic ring is 1. The van der Waals surface area contributed by atoms with Gasteiger partial charge in [0, 0.05) is 40.6 Å². The SMILES string of the molecule is Nc1ncc(-c2ccncc2)nc1-c1ccc2[nH]ccc2c1. The van der Waals surface area contributed by atoms with E-state index in [2.05, 4.69) is 26.0 Å². The molecule has 0 saturated carbocycles. The van der Waals surface area contributed by atoms with E-state index in [9.17, 15) is 0 Å². The van der Waals surface area contributed by atoms with Crippen molar-refractivity contribution in [3.8, 4) is 22.5 Å². The predicted molar refractivity (Wildman–Crippen MR) is 87.0 cm³/mol. The van der Waals surface area contributed by atoms with Gasteiger partial charge < -0.3 is 10.7 Å². The van der Waals surface area contributed by atoms with Gasteiger partial charge in [-0.1, -0.05) is 6.07 Å². The molecule has 0 amide bonds. The Bertz CT molecular complexity index is 944. The van der Waals surface area contributed by atoms with E-state index in [0.717, 1.165) is 27.7 Å². The van der Waals surface area contributed by atoms with E-state index in [0.29, 0.717) is 11.5 Å². The summed E-state index contributed by atoms with van der Waals surface area (Å²) in [4.78, 5) is 16.2. The molecule has 0 fully saturated rings. The molecule has 22 heavy (non-hydrogen) atoms. The molecule has 5 nitrogen and oxygen atoms in total. The quantitative estimate of drug-likeness (QED) is 0.593. The van der Waals surface area contributed by atoms with E-state index in [1.54, 1.807) is 18.6 Å². The largest absolute Gasteiger partial charge is 0.382 e. The molecule has 4 aromatic rings. The van der Waals surface area contributed by atoms with Crippen molar-refractivity contribution in [1.82, 2.24) is 19.9 Å². The fourth-order valence-electron chi connectivity index (χ4n) is 2.47. The summed E-state index contributed by atoms with van der Waals surface area (Å²) < 4.78 is 0. The summed E-state index contributed by atoms with van der Waals surface area (Å²) in [5.74, 6) is 0.424. The Morgan fingerprint density at radius 1 is 0.955 bits per heavy atom. The number of benzene rings is 1. The van der Waals surface area contributed by atoms with Crippen molar-refractivity contribution in [3.63, 3.8) is 0 Å². The average molecular weight is 287 g/mol. The summed E-state index contributed by atoms with van der Waals surface area (Å²) >= 11 is 0. The van der Waals surface area contributed by atoms with Crippen LogP contribution in [0.25, 0.3) is 33.4 Å². The van der Waals surface area contributed by atoms with E-state index in [1.807, 2.05) is 36.5 Å². The first-order valence-corrected chi connectivity index (χ1v) is 6.92. The van der Waals surface area contributed by atoms with Gasteiger partial charge >= 0.3 is 0 Å². The van der Waals surface area contributed by atoms with Gasteiger partial charge in [-0.15, -0.1) is 0 Å². The molecule has 1 aromatic carbocycles. The molecule has 0 aliphatic heterocycles. The zero-order valence-corrected chi connectivity index (χ0v) is 11.7. The molecule has 3 aromatic heterocycles. The lowest BCUT2D eigenvalue weighted by Gasteiger charge is -2.07. The highest BCUT2D eigenvalue weighted by Gasteiger charge is 2.10. The molecule has 0 bridgehead atoms.